The summed E-state index contributed by atoms with van der Waals surface area (Å²) in [5, 5.41) is 13.8. The zero-order valence-electron chi connectivity index (χ0n) is 15.5. The highest BCUT2D eigenvalue weighted by molar-refractivity contribution is 5.93. The van der Waals surface area contributed by atoms with E-state index in [2.05, 4.69) is 5.10 Å². The second kappa shape index (κ2) is 7.45. The molecule has 0 unspecified atom stereocenters. The third kappa shape index (κ3) is 3.74. The SMILES string of the molecule is CC(=O)N(Cc1cccc(C(=O)O)c1)c1c(C)nn(-c2ccccc2)c1C. The highest BCUT2D eigenvalue weighted by Gasteiger charge is 2.22. The van der Waals surface area contributed by atoms with E-state index in [9.17, 15) is 14.7 Å². The molecule has 1 amide bonds. The molecule has 1 aromatic heterocycles. The van der Waals surface area contributed by atoms with Gasteiger partial charge in [-0.3, -0.25) is 4.79 Å². The van der Waals surface area contributed by atoms with Crippen LogP contribution in [0.15, 0.2) is 54.6 Å². The van der Waals surface area contributed by atoms with Gasteiger partial charge in [-0.25, -0.2) is 9.48 Å². The summed E-state index contributed by atoms with van der Waals surface area (Å²) in [6, 6.07) is 16.3. The standard InChI is InChI=1S/C21H21N3O3/c1-14-20(15(2)24(22-14)19-10-5-4-6-11-19)23(16(3)25)13-17-8-7-9-18(12-17)21(26)27/h4-12H,13H2,1-3H3,(H,26,27). The van der Waals surface area contributed by atoms with Crippen LogP contribution in [0.3, 0.4) is 0 Å². The minimum Gasteiger partial charge on any atom is -0.478 e. The Bertz CT molecular complexity index is 993. The lowest BCUT2D eigenvalue weighted by Gasteiger charge is -2.22. The van der Waals surface area contributed by atoms with Gasteiger partial charge in [0.2, 0.25) is 5.91 Å². The van der Waals surface area contributed by atoms with Crippen molar-refractivity contribution >= 4 is 17.6 Å². The molecule has 27 heavy (non-hydrogen) atoms. The molecule has 1 heterocycles. The van der Waals surface area contributed by atoms with Crippen LogP contribution in [0.25, 0.3) is 5.69 Å². The number of aryl methyl sites for hydroxylation is 1. The van der Waals surface area contributed by atoms with Crippen molar-refractivity contribution in [2.75, 3.05) is 4.90 Å². The molecule has 6 heteroatoms. The molecule has 0 radical (unpaired) electrons. The molecule has 0 bridgehead atoms. The summed E-state index contributed by atoms with van der Waals surface area (Å²) in [5.41, 5.74) is 4.19. The topological polar surface area (TPSA) is 75.4 Å². The van der Waals surface area contributed by atoms with Crippen molar-refractivity contribution in [1.82, 2.24) is 9.78 Å². The predicted octanol–water partition coefficient (Wildman–Crippen LogP) is 3.74. The molecule has 0 atom stereocenters. The quantitative estimate of drug-likeness (QED) is 0.749. The van der Waals surface area contributed by atoms with E-state index in [0.29, 0.717) is 0 Å². The summed E-state index contributed by atoms with van der Waals surface area (Å²) >= 11 is 0. The second-order valence-electron chi connectivity index (χ2n) is 6.38. The number of hydrogen-bond donors (Lipinski definition) is 1. The molecular weight excluding hydrogens is 342 g/mol. The van der Waals surface area contributed by atoms with Gasteiger partial charge in [-0.15, -0.1) is 0 Å². The number of rotatable bonds is 5. The summed E-state index contributed by atoms with van der Waals surface area (Å²) in [4.78, 5) is 25.2. The van der Waals surface area contributed by atoms with Gasteiger partial charge < -0.3 is 10.0 Å². The lowest BCUT2D eigenvalue weighted by Crippen LogP contribution is -2.29. The van der Waals surface area contributed by atoms with Gasteiger partial charge in [-0.05, 0) is 43.7 Å². The summed E-state index contributed by atoms with van der Waals surface area (Å²) in [6.45, 7) is 5.57. The molecule has 2 aromatic carbocycles. The van der Waals surface area contributed by atoms with E-state index in [-0.39, 0.29) is 18.0 Å². The maximum absolute atomic E-state index is 12.4. The Morgan fingerprint density at radius 1 is 1.07 bits per heavy atom. The number of carbonyl (C=O) groups excluding carboxylic acids is 1. The zero-order chi connectivity index (χ0) is 19.6. The highest BCUT2D eigenvalue weighted by atomic mass is 16.4. The van der Waals surface area contributed by atoms with Crippen molar-refractivity contribution in [3.63, 3.8) is 0 Å². The Balaban J connectivity index is 2.01. The molecule has 0 aliphatic rings. The second-order valence-corrected chi connectivity index (χ2v) is 6.38. The predicted molar refractivity (Wildman–Crippen MR) is 103 cm³/mol. The fourth-order valence-corrected chi connectivity index (χ4v) is 3.18. The molecule has 0 fully saturated rings. The molecule has 0 saturated carbocycles. The lowest BCUT2D eigenvalue weighted by atomic mass is 10.1. The van der Waals surface area contributed by atoms with Crippen LogP contribution in [-0.2, 0) is 11.3 Å². The van der Waals surface area contributed by atoms with Gasteiger partial charge in [0.25, 0.3) is 0 Å². The molecule has 0 spiro atoms. The van der Waals surface area contributed by atoms with E-state index in [4.69, 9.17) is 0 Å². The maximum atomic E-state index is 12.4. The maximum Gasteiger partial charge on any atom is 0.335 e. The van der Waals surface area contributed by atoms with Crippen molar-refractivity contribution < 1.29 is 14.7 Å². The van der Waals surface area contributed by atoms with Gasteiger partial charge in [-0.2, -0.15) is 5.10 Å². The number of carbonyl (C=O) groups is 2. The van der Waals surface area contributed by atoms with Crippen LogP contribution < -0.4 is 4.90 Å². The number of carboxylic acid groups (broad SMARTS) is 1. The first-order valence-electron chi connectivity index (χ1n) is 8.60. The average Bonchev–Trinajstić information content (AvgIpc) is 2.95. The van der Waals surface area contributed by atoms with Gasteiger partial charge in [0, 0.05) is 6.92 Å². The minimum absolute atomic E-state index is 0.130. The van der Waals surface area contributed by atoms with Crippen LogP contribution in [-0.4, -0.2) is 26.8 Å². The Labute approximate surface area is 157 Å². The molecule has 0 aliphatic carbocycles. The van der Waals surface area contributed by atoms with Crippen molar-refractivity contribution in [2.45, 2.75) is 27.3 Å². The molecular formula is C21H21N3O3. The normalized spacial score (nSPS) is 10.6. The van der Waals surface area contributed by atoms with Crippen LogP contribution in [0.4, 0.5) is 5.69 Å². The van der Waals surface area contributed by atoms with Gasteiger partial charge in [-0.1, -0.05) is 30.3 Å². The number of nitrogens with zero attached hydrogens (tertiary/aromatic N) is 3. The van der Waals surface area contributed by atoms with Gasteiger partial charge >= 0.3 is 5.97 Å². The van der Waals surface area contributed by atoms with E-state index in [1.54, 1.807) is 17.0 Å². The van der Waals surface area contributed by atoms with Crippen LogP contribution in [0.5, 0.6) is 0 Å². The van der Waals surface area contributed by atoms with Gasteiger partial charge in [0.15, 0.2) is 0 Å². The smallest absolute Gasteiger partial charge is 0.335 e. The van der Waals surface area contributed by atoms with E-state index in [1.807, 2.05) is 54.9 Å². The van der Waals surface area contributed by atoms with Crippen molar-refractivity contribution in [3.05, 3.63) is 77.1 Å². The van der Waals surface area contributed by atoms with Gasteiger partial charge in [0.05, 0.1) is 34.9 Å². The first-order valence-corrected chi connectivity index (χ1v) is 8.60. The zero-order valence-corrected chi connectivity index (χ0v) is 15.5. The number of benzene rings is 2. The number of anilines is 1. The highest BCUT2D eigenvalue weighted by Crippen LogP contribution is 2.28. The Morgan fingerprint density at radius 3 is 2.41 bits per heavy atom. The monoisotopic (exact) mass is 363 g/mol. The van der Waals surface area contributed by atoms with E-state index < -0.39 is 5.97 Å². The van der Waals surface area contributed by atoms with Crippen molar-refractivity contribution in [3.8, 4) is 5.69 Å². The van der Waals surface area contributed by atoms with Crippen molar-refractivity contribution in [1.29, 1.82) is 0 Å². The van der Waals surface area contributed by atoms with Crippen LogP contribution in [0.1, 0.15) is 34.2 Å². The number of amides is 1. The molecule has 6 nitrogen and oxygen atoms in total. The first-order chi connectivity index (χ1) is 12.9. The Hall–Kier alpha value is -3.41. The number of hydrogen-bond acceptors (Lipinski definition) is 3. The molecule has 138 valence electrons. The third-order valence-corrected chi connectivity index (χ3v) is 4.42. The fraction of sp³-hybridized carbons (Fsp3) is 0.190. The van der Waals surface area contributed by atoms with Crippen LogP contribution >= 0.6 is 0 Å². The van der Waals surface area contributed by atoms with Gasteiger partial charge in [0.1, 0.15) is 0 Å². The summed E-state index contributed by atoms with van der Waals surface area (Å²) in [6.07, 6.45) is 0. The summed E-state index contributed by atoms with van der Waals surface area (Å²) < 4.78 is 1.81. The minimum atomic E-state index is -0.990. The number of para-hydroxylation sites is 1. The molecule has 1 N–H and O–H groups in total. The average molecular weight is 363 g/mol. The fourth-order valence-electron chi connectivity index (χ4n) is 3.18. The molecule has 3 rings (SSSR count). The van der Waals surface area contributed by atoms with Crippen LogP contribution in [0, 0.1) is 13.8 Å². The summed E-state index contributed by atoms with van der Waals surface area (Å²) in [5.74, 6) is -1.12. The number of aromatic carboxylic acids is 1. The lowest BCUT2D eigenvalue weighted by molar-refractivity contribution is -0.116. The third-order valence-electron chi connectivity index (χ3n) is 4.42. The number of carboxylic acids is 1. The largest absolute Gasteiger partial charge is 0.478 e. The summed E-state index contributed by atoms with van der Waals surface area (Å²) in [7, 11) is 0. The Kier molecular flexibility index (Phi) is 5.07. The van der Waals surface area contributed by atoms with E-state index in [1.165, 1.54) is 13.0 Å². The van der Waals surface area contributed by atoms with Crippen molar-refractivity contribution in [2.24, 2.45) is 0 Å². The van der Waals surface area contributed by atoms with Crippen LogP contribution in [0.2, 0.25) is 0 Å². The molecule has 0 aliphatic heterocycles. The molecule has 3 aromatic rings. The van der Waals surface area contributed by atoms with E-state index >= 15 is 0 Å². The molecule has 0 saturated heterocycles. The first kappa shape index (κ1) is 18.4. The Morgan fingerprint density at radius 2 is 1.78 bits per heavy atom. The van der Waals surface area contributed by atoms with E-state index in [0.717, 1.165) is 28.3 Å². The number of aromatic nitrogens is 2.